The molecular weight excluding hydrogens is 625 g/mol. The Kier molecular flexibility index (Phi) is 7.93. The molecule has 1 N–H and O–H groups in total. The molecule has 0 spiro atoms. The molecule has 2 unspecified atom stereocenters. The number of alkyl halides is 3. The molecule has 2 aliphatic rings. The second-order valence-corrected chi connectivity index (χ2v) is 13.5. The average molecular weight is 655 g/mol. The molecule has 12 nitrogen and oxygen atoms in total. The van der Waals surface area contributed by atoms with Gasteiger partial charge >= 0.3 is 12.1 Å². The van der Waals surface area contributed by atoms with Crippen molar-refractivity contribution in [2.75, 3.05) is 18.0 Å². The summed E-state index contributed by atoms with van der Waals surface area (Å²) < 4.78 is 70.8. The van der Waals surface area contributed by atoms with Gasteiger partial charge < -0.3 is 10.0 Å². The summed E-state index contributed by atoms with van der Waals surface area (Å²) in [6.45, 7) is 3.98. The number of halogens is 3. The summed E-state index contributed by atoms with van der Waals surface area (Å²) in [6.07, 6.45) is -0.0897. The Morgan fingerprint density at radius 2 is 1.98 bits per heavy atom. The van der Waals surface area contributed by atoms with E-state index in [0.29, 0.717) is 40.4 Å². The third kappa shape index (κ3) is 5.53. The Hall–Kier alpha value is -4.62. The molecule has 0 aromatic carbocycles. The van der Waals surface area contributed by atoms with Crippen molar-refractivity contribution in [3.05, 3.63) is 76.1 Å². The number of nitrogens with zero attached hydrogens (tertiary/aromatic N) is 8. The van der Waals surface area contributed by atoms with Crippen LogP contribution in [0.3, 0.4) is 0 Å². The standard InChI is InChI=1S/C30H29F3N8O4S/c1-17-6-7-23(22(12-26(42)43)21-8-10-41-27(18(21)2)37-38-29(41)30(31,32)33)36-24(17)16-39-15-20-5-3-4-9-40(20)28-25(46(39,44)45)11-19(13-34)14-35-28/h6-8,10-11,14,20,22H,3-5,9,12,15-16H2,1-2H3,(H,42,43). The molecule has 0 radical (unpaired) electrons. The second kappa shape index (κ2) is 11.6. The Labute approximate surface area is 262 Å². The van der Waals surface area contributed by atoms with Crippen molar-refractivity contribution in [2.45, 2.75) is 69.1 Å². The van der Waals surface area contributed by atoms with E-state index in [1.54, 1.807) is 26.0 Å². The molecule has 6 rings (SSSR count). The summed E-state index contributed by atoms with van der Waals surface area (Å²) in [4.78, 5) is 23.1. The van der Waals surface area contributed by atoms with Crippen LogP contribution in [0, 0.1) is 25.2 Å². The van der Waals surface area contributed by atoms with Crippen LogP contribution in [0.5, 0.6) is 0 Å². The molecule has 1 saturated heterocycles. The van der Waals surface area contributed by atoms with Crippen molar-refractivity contribution < 1.29 is 31.5 Å². The molecule has 0 amide bonds. The van der Waals surface area contributed by atoms with Crippen molar-refractivity contribution in [2.24, 2.45) is 0 Å². The third-order valence-electron chi connectivity index (χ3n) is 8.67. The second-order valence-electron chi connectivity index (χ2n) is 11.6. The molecule has 16 heteroatoms. The number of fused-ring (bicyclic) bond motifs is 4. The molecule has 4 aromatic heterocycles. The van der Waals surface area contributed by atoms with Crippen LogP contribution in [0.1, 0.15) is 71.1 Å². The van der Waals surface area contributed by atoms with Gasteiger partial charge in [0.1, 0.15) is 16.8 Å². The summed E-state index contributed by atoms with van der Waals surface area (Å²) in [5.74, 6) is -2.92. The summed E-state index contributed by atoms with van der Waals surface area (Å²) >= 11 is 0. The first-order valence-corrected chi connectivity index (χ1v) is 16.0. The topological polar surface area (TPSA) is 158 Å². The van der Waals surface area contributed by atoms with Gasteiger partial charge in [0.25, 0.3) is 0 Å². The molecule has 0 bridgehead atoms. The molecule has 0 aliphatic carbocycles. The maximum atomic E-state index is 14.1. The van der Waals surface area contributed by atoms with Gasteiger partial charge in [-0.2, -0.15) is 22.7 Å². The Bertz CT molecular complexity index is 2010. The van der Waals surface area contributed by atoms with Gasteiger partial charge in [0.05, 0.1) is 24.2 Å². The number of sulfonamides is 1. The van der Waals surface area contributed by atoms with E-state index in [2.05, 4.69) is 15.2 Å². The number of aromatic nitrogens is 5. The van der Waals surface area contributed by atoms with Crippen LogP contribution >= 0.6 is 0 Å². The van der Waals surface area contributed by atoms with E-state index >= 15 is 0 Å². The SMILES string of the molecule is Cc1ccc(C(CC(=O)O)c2ccn3c(C(F)(F)F)nnc3c2C)nc1CN1CC2CCCCN2c2ncc(C#N)cc2S1(=O)=O. The van der Waals surface area contributed by atoms with E-state index in [9.17, 15) is 36.8 Å². The Balaban J connectivity index is 1.41. The molecule has 240 valence electrons. The predicted octanol–water partition coefficient (Wildman–Crippen LogP) is 4.20. The van der Waals surface area contributed by atoms with Gasteiger partial charge in [-0.15, -0.1) is 10.2 Å². The number of carbonyl (C=O) groups is 1. The monoisotopic (exact) mass is 654 g/mol. The average Bonchev–Trinajstić information content (AvgIpc) is 3.44. The highest BCUT2D eigenvalue weighted by atomic mass is 32.2. The predicted molar refractivity (Wildman–Crippen MR) is 157 cm³/mol. The molecule has 2 atom stereocenters. The van der Waals surface area contributed by atoms with Crippen LogP contribution in [0.25, 0.3) is 5.65 Å². The maximum absolute atomic E-state index is 14.1. The fourth-order valence-corrected chi connectivity index (χ4v) is 7.94. The smallest absolute Gasteiger partial charge is 0.452 e. The molecule has 6 heterocycles. The number of aliphatic carboxylic acids is 1. The number of rotatable bonds is 6. The van der Waals surface area contributed by atoms with Crippen LogP contribution in [0.15, 0.2) is 41.6 Å². The van der Waals surface area contributed by atoms with Gasteiger partial charge in [-0.3, -0.25) is 14.2 Å². The Morgan fingerprint density at radius 1 is 1.20 bits per heavy atom. The maximum Gasteiger partial charge on any atom is 0.452 e. The fraction of sp³-hybridized carbons (Fsp3) is 0.400. The zero-order chi connectivity index (χ0) is 33.0. The van der Waals surface area contributed by atoms with E-state index < -0.39 is 40.3 Å². The van der Waals surface area contributed by atoms with Gasteiger partial charge in [-0.25, -0.2) is 13.4 Å². The number of hydrogen-bond acceptors (Lipinski definition) is 9. The number of carboxylic acids is 1. The number of nitriles is 1. The minimum Gasteiger partial charge on any atom is -0.481 e. The van der Waals surface area contributed by atoms with Crippen molar-refractivity contribution in [1.29, 1.82) is 5.26 Å². The van der Waals surface area contributed by atoms with Crippen molar-refractivity contribution >= 4 is 27.5 Å². The van der Waals surface area contributed by atoms with Crippen LogP contribution in [-0.4, -0.2) is 67.5 Å². The van der Waals surface area contributed by atoms with Crippen molar-refractivity contribution in [1.82, 2.24) is 28.9 Å². The molecule has 46 heavy (non-hydrogen) atoms. The molecule has 2 aliphatic heterocycles. The number of aryl methyl sites for hydroxylation is 2. The third-order valence-corrected chi connectivity index (χ3v) is 10.5. The molecule has 0 saturated carbocycles. The summed E-state index contributed by atoms with van der Waals surface area (Å²) in [6, 6.07) is 7.93. The molecule has 1 fully saturated rings. The van der Waals surface area contributed by atoms with Crippen LogP contribution in [0.2, 0.25) is 0 Å². The number of anilines is 1. The Morgan fingerprint density at radius 3 is 2.70 bits per heavy atom. The minimum absolute atomic E-state index is 0.0519. The summed E-state index contributed by atoms with van der Waals surface area (Å²) in [5, 5.41) is 26.3. The molecular formula is C30H29F3N8O4S. The van der Waals surface area contributed by atoms with Crippen LogP contribution in [0.4, 0.5) is 19.0 Å². The van der Waals surface area contributed by atoms with Crippen molar-refractivity contribution in [3.63, 3.8) is 0 Å². The first-order chi connectivity index (χ1) is 21.8. The highest BCUT2D eigenvalue weighted by Gasteiger charge is 2.40. The lowest BCUT2D eigenvalue weighted by atomic mass is 9.89. The van der Waals surface area contributed by atoms with Gasteiger partial charge in [0.2, 0.25) is 15.8 Å². The minimum atomic E-state index is -4.74. The van der Waals surface area contributed by atoms with E-state index in [0.717, 1.165) is 29.9 Å². The van der Waals surface area contributed by atoms with Gasteiger partial charge in [-0.05, 0) is 68.0 Å². The normalized spacial score (nSPS) is 18.8. The molecule has 4 aromatic rings. The zero-order valence-electron chi connectivity index (χ0n) is 24.9. The number of hydrogen-bond donors (Lipinski definition) is 1. The van der Waals surface area contributed by atoms with Gasteiger partial charge in [0.15, 0.2) is 5.65 Å². The first kappa shape index (κ1) is 31.4. The zero-order valence-corrected chi connectivity index (χ0v) is 25.7. The van der Waals surface area contributed by atoms with Crippen molar-refractivity contribution in [3.8, 4) is 6.07 Å². The van der Waals surface area contributed by atoms with E-state index in [1.807, 2.05) is 11.0 Å². The first-order valence-electron chi connectivity index (χ1n) is 14.6. The number of piperidine rings is 1. The van der Waals surface area contributed by atoms with E-state index in [4.69, 9.17) is 4.98 Å². The number of carboxylic acid groups (broad SMARTS) is 1. The highest BCUT2D eigenvalue weighted by molar-refractivity contribution is 7.89. The van der Waals surface area contributed by atoms with Crippen LogP contribution in [-0.2, 0) is 27.5 Å². The summed E-state index contributed by atoms with van der Waals surface area (Å²) in [5.41, 5.74) is 2.14. The summed E-state index contributed by atoms with van der Waals surface area (Å²) in [7, 11) is -4.14. The quantitative estimate of drug-likeness (QED) is 0.320. The van der Waals surface area contributed by atoms with Gasteiger partial charge in [0, 0.05) is 43.1 Å². The van der Waals surface area contributed by atoms with Gasteiger partial charge in [-0.1, -0.05) is 6.07 Å². The lowest BCUT2D eigenvalue weighted by Gasteiger charge is -2.36. The van der Waals surface area contributed by atoms with E-state index in [1.165, 1.54) is 22.6 Å². The highest BCUT2D eigenvalue weighted by Crippen LogP contribution is 2.37. The largest absolute Gasteiger partial charge is 0.481 e. The van der Waals surface area contributed by atoms with Crippen LogP contribution < -0.4 is 4.90 Å². The lowest BCUT2D eigenvalue weighted by Crippen LogP contribution is -2.45. The lowest BCUT2D eigenvalue weighted by molar-refractivity contribution is -0.145. The fourth-order valence-electron chi connectivity index (χ4n) is 6.32. The number of pyridine rings is 3. The van der Waals surface area contributed by atoms with E-state index in [-0.39, 0.29) is 35.2 Å².